The van der Waals surface area contributed by atoms with E-state index in [0.717, 1.165) is 36.7 Å². The van der Waals surface area contributed by atoms with Gasteiger partial charge in [-0.2, -0.15) is 4.98 Å². The molecule has 1 aliphatic heterocycles. The number of aryl methyl sites for hydroxylation is 2. The molecule has 4 heteroatoms. The number of aromatic nitrogens is 2. The van der Waals surface area contributed by atoms with Gasteiger partial charge in [-0.15, -0.1) is 0 Å². The molecule has 4 nitrogen and oxygen atoms in total. The van der Waals surface area contributed by atoms with Gasteiger partial charge in [-0.25, -0.2) is 0 Å². The Labute approximate surface area is 183 Å². The van der Waals surface area contributed by atoms with E-state index in [-0.39, 0.29) is 0 Å². The van der Waals surface area contributed by atoms with Crippen molar-refractivity contribution in [2.75, 3.05) is 19.6 Å². The molecule has 0 radical (unpaired) electrons. The number of nitrogens with zero attached hydrogens (tertiary/aromatic N) is 3. The number of hydrogen-bond acceptors (Lipinski definition) is 4. The second kappa shape index (κ2) is 13.6. The van der Waals surface area contributed by atoms with Crippen molar-refractivity contribution >= 4 is 0 Å². The molecular weight excluding hydrogens is 370 g/mol. The second-order valence-electron chi connectivity index (χ2n) is 8.94. The molecule has 1 fully saturated rings. The minimum Gasteiger partial charge on any atom is -0.339 e. The number of unbranched alkanes of at least 4 members (excludes halogenated alkanes) is 7. The van der Waals surface area contributed by atoms with Crippen LogP contribution in [0.3, 0.4) is 0 Å². The van der Waals surface area contributed by atoms with Crippen LogP contribution in [0.1, 0.15) is 95.4 Å². The van der Waals surface area contributed by atoms with Crippen molar-refractivity contribution in [1.82, 2.24) is 15.0 Å². The van der Waals surface area contributed by atoms with Crippen molar-refractivity contribution in [3.05, 3.63) is 35.7 Å². The Hall–Kier alpha value is -1.68. The lowest BCUT2D eigenvalue weighted by Gasteiger charge is -2.25. The molecule has 0 amide bonds. The highest BCUT2D eigenvalue weighted by molar-refractivity contribution is 5.54. The predicted octanol–water partition coefficient (Wildman–Crippen LogP) is 6.84. The van der Waals surface area contributed by atoms with Crippen LogP contribution < -0.4 is 0 Å². The Morgan fingerprint density at radius 2 is 1.50 bits per heavy atom. The van der Waals surface area contributed by atoms with Gasteiger partial charge in [0.2, 0.25) is 11.7 Å². The van der Waals surface area contributed by atoms with Crippen LogP contribution in [0.4, 0.5) is 0 Å². The van der Waals surface area contributed by atoms with Crippen molar-refractivity contribution in [2.45, 2.75) is 96.8 Å². The van der Waals surface area contributed by atoms with E-state index in [0.29, 0.717) is 0 Å². The highest BCUT2D eigenvalue weighted by atomic mass is 16.5. The number of benzene rings is 1. The summed E-state index contributed by atoms with van der Waals surface area (Å²) < 4.78 is 5.49. The fourth-order valence-electron chi connectivity index (χ4n) is 4.39. The van der Waals surface area contributed by atoms with Crippen LogP contribution in [-0.2, 0) is 12.8 Å². The van der Waals surface area contributed by atoms with Crippen molar-refractivity contribution in [2.24, 2.45) is 0 Å². The summed E-state index contributed by atoms with van der Waals surface area (Å²) in [5.41, 5.74) is 2.47. The molecule has 1 aromatic carbocycles. The first-order valence-electron chi connectivity index (χ1n) is 12.5. The molecule has 1 aromatic heterocycles. The maximum Gasteiger partial charge on any atom is 0.227 e. The maximum atomic E-state index is 5.49. The first kappa shape index (κ1) is 23.0. The molecule has 0 saturated carbocycles. The Balaban J connectivity index is 1.33. The highest BCUT2D eigenvalue weighted by Crippen LogP contribution is 2.19. The van der Waals surface area contributed by atoms with Gasteiger partial charge in [0.25, 0.3) is 0 Å². The molecule has 2 heterocycles. The topological polar surface area (TPSA) is 42.2 Å². The highest BCUT2D eigenvalue weighted by Gasteiger charge is 2.12. The zero-order valence-corrected chi connectivity index (χ0v) is 19.1. The van der Waals surface area contributed by atoms with E-state index in [1.165, 1.54) is 95.7 Å². The molecule has 0 unspecified atom stereocenters. The van der Waals surface area contributed by atoms with E-state index in [9.17, 15) is 0 Å². The van der Waals surface area contributed by atoms with Crippen LogP contribution in [0.5, 0.6) is 0 Å². The van der Waals surface area contributed by atoms with Crippen LogP contribution >= 0.6 is 0 Å². The number of rotatable bonds is 14. The van der Waals surface area contributed by atoms with Crippen LogP contribution in [0.25, 0.3) is 11.4 Å². The van der Waals surface area contributed by atoms with Crippen LogP contribution in [-0.4, -0.2) is 34.7 Å². The fourth-order valence-corrected chi connectivity index (χ4v) is 4.39. The summed E-state index contributed by atoms with van der Waals surface area (Å²) in [6, 6.07) is 8.73. The van der Waals surface area contributed by atoms with E-state index >= 15 is 0 Å². The summed E-state index contributed by atoms with van der Waals surface area (Å²) >= 11 is 0. The van der Waals surface area contributed by atoms with E-state index in [4.69, 9.17) is 4.52 Å². The molecule has 0 spiro atoms. The third-order valence-corrected chi connectivity index (χ3v) is 6.31. The van der Waals surface area contributed by atoms with Gasteiger partial charge < -0.3 is 9.42 Å². The SMILES string of the molecule is CCCCCCCCCCc1ccc(-c2noc(CCCN3CCCCC3)n2)cc1. The summed E-state index contributed by atoms with van der Waals surface area (Å²) in [4.78, 5) is 7.18. The van der Waals surface area contributed by atoms with Gasteiger partial charge in [-0.3, -0.25) is 0 Å². The monoisotopic (exact) mass is 411 g/mol. The average molecular weight is 412 g/mol. The number of likely N-dealkylation sites (tertiary alicyclic amines) is 1. The Kier molecular flexibility index (Phi) is 10.4. The molecule has 0 aliphatic carbocycles. The summed E-state index contributed by atoms with van der Waals surface area (Å²) in [5, 5.41) is 4.20. The van der Waals surface area contributed by atoms with Gasteiger partial charge in [0, 0.05) is 12.0 Å². The van der Waals surface area contributed by atoms with Crippen molar-refractivity contribution < 1.29 is 4.52 Å². The number of piperidine rings is 1. The van der Waals surface area contributed by atoms with E-state index in [1.54, 1.807) is 0 Å². The third kappa shape index (κ3) is 8.22. The minimum atomic E-state index is 0.724. The molecule has 3 rings (SSSR count). The minimum absolute atomic E-state index is 0.724. The van der Waals surface area contributed by atoms with Crippen LogP contribution in [0, 0.1) is 0 Å². The molecule has 30 heavy (non-hydrogen) atoms. The van der Waals surface area contributed by atoms with Gasteiger partial charge in [-0.05, 0) is 57.3 Å². The largest absolute Gasteiger partial charge is 0.339 e. The smallest absolute Gasteiger partial charge is 0.227 e. The predicted molar refractivity (Wildman–Crippen MR) is 125 cm³/mol. The summed E-state index contributed by atoms with van der Waals surface area (Å²) in [5.74, 6) is 1.49. The lowest BCUT2D eigenvalue weighted by molar-refractivity contribution is 0.223. The zero-order chi connectivity index (χ0) is 20.9. The van der Waals surface area contributed by atoms with Gasteiger partial charge in [0.15, 0.2) is 0 Å². The maximum absolute atomic E-state index is 5.49. The lowest BCUT2D eigenvalue weighted by atomic mass is 10.0. The van der Waals surface area contributed by atoms with E-state index < -0.39 is 0 Å². The molecule has 0 N–H and O–H groups in total. The summed E-state index contributed by atoms with van der Waals surface area (Å²) in [7, 11) is 0. The molecule has 166 valence electrons. The van der Waals surface area contributed by atoms with Crippen LogP contribution in [0.15, 0.2) is 28.8 Å². The fraction of sp³-hybridized carbons (Fsp3) is 0.692. The second-order valence-corrected chi connectivity index (χ2v) is 8.94. The van der Waals surface area contributed by atoms with Crippen molar-refractivity contribution in [1.29, 1.82) is 0 Å². The van der Waals surface area contributed by atoms with Crippen molar-refractivity contribution in [3.63, 3.8) is 0 Å². The average Bonchev–Trinajstić information content (AvgIpc) is 3.26. The Morgan fingerprint density at radius 1 is 0.800 bits per heavy atom. The number of hydrogen-bond donors (Lipinski definition) is 0. The van der Waals surface area contributed by atoms with E-state index in [2.05, 4.69) is 46.2 Å². The van der Waals surface area contributed by atoms with Crippen LogP contribution in [0.2, 0.25) is 0 Å². The zero-order valence-electron chi connectivity index (χ0n) is 19.1. The van der Waals surface area contributed by atoms with E-state index in [1.807, 2.05) is 0 Å². The van der Waals surface area contributed by atoms with Gasteiger partial charge in [0.1, 0.15) is 0 Å². The molecule has 1 saturated heterocycles. The molecule has 0 bridgehead atoms. The normalized spacial score (nSPS) is 15.0. The van der Waals surface area contributed by atoms with Gasteiger partial charge in [0.05, 0.1) is 0 Å². The Bertz CT molecular complexity index is 689. The summed E-state index contributed by atoms with van der Waals surface area (Å²) in [6.45, 7) is 5.92. The third-order valence-electron chi connectivity index (χ3n) is 6.31. The quantitative estimate of drug-likeness (QED) is 0.319. The molecule has 2 aromatic rings. The molecular formula is C26H41N3O. The first-order chi connectivity index (χ1) is 14.8. The molecule has 0 atom stereocenters. The first-order valence-corrected chi connectivity index (χ1v) is 12.5. The van der Waals surface area contributed by atoms with Gasteiger partial charge >= 0.3 is 0 Å². The Morgan fingerprint density at radius 3 is 2.23 bits per heavy atom. The molecule has 1 aliphatic rings. The van der Waals surface area contributed by atoms with Gasteiger partial charge in [-0.1, -0.05) is 87.7 Å². The van der Waals surface area contributed by atoms with Crippen molar-refractivity contribution in [3.8, 4) is 11.4 Å². The standard InChI is InChI=1S/C26H41N3O/c1-2-3-4-5-6-7-8-10-14-23-16-18-24(19-17-23)26-27-25(30-28-26)15-13-22-29-20-11-9-12-21-29/h16-19H,2-15,20-22H2,1H3. The summed E-state index contributed by atoms with van der Waals surface area (Å²) in [6.07, 6.45) is 18.2. The lowest BCUT2D eigenvalue weighted by Crippen LogP contribution is -2.30.